The Labute approximate surface area is 308 Å². The molecule has 278 valence electrons. The topological polar surface area (TPSA) is 170 Å². The zero-order valence-electron chi connectivity index (χ0n) is 30.5. The Balaban J connectivity index is 0.000000164. The monoisotopic (exact) mass is 720 g/mol. The number of nitrogens with zero attached hydrogens (tertiary/aromatic N) is 6. The van der Waals surface area contributed by atoms with Crippen molar-refractivity contribution >= 4 is 22.7 Å². The molecule has 13 nitrogen and oxygen atoms in total. The van der Waals surface area contributed by atoms with E-state index < -0.39 is 11.9 Å². The smallest absolute Gasteiger partial charge is 0.237 e. The Kier molecular flexibility index (Phi) is 10.7. The zero-order valence-corrected chi connectivity index (χ0v) is 30.5. The van der Waals surface area contributed by atoms with Gasteiger partial charge in [-0.25, -0.2) is 19.0 Å². The number of nitrogen functional groups attached to an aromatic ring is 2. The molecule has 0 aliphatic carbocycles. The highest BCUT2D eigenvalue weighted by atomic mass is 16.7. The van der Waals surface area contributed by atoms with Crippen LogP contribution in [0.2, 0.25) is 0 Å². The van der Waals surface area contributed by atoms with Crippen molar-refractivity contribution < 1.29 is 24.1 Å². The fourth-order valence-corrected chi connectivity index (χ4v) is 7.64. The Hall–Kier alpha value is -4.92. The first-order valence-corrected chi connectivity index (χ1v) is 18.3. The minimum atomic E-state index is -1.62. The maximum absolute atomic E-state index is 11.6. The molecular weight excluding hydrogens is 672 g/mol. The van der Waals surface area contributed by atoms with Gasteiger partial charge in [0.15, 0.2) is 11.6 Å². The molecule has 4 aromatic heterocycles. The lowest BCUT2D eigenvalue weighted by Gasteiger charge is -2.29. The van der Waals surface area contributed by atoms with Gasteiger partial charge in [-0.3, -0.25) is 0 Å². The second-order valence-corrected chi connectivity index (χ2v) is 13.8. The molecule has 53 heavy (non-hydrogen) atoms. The van der Waals surface area contributed by atoms with E-state index in [1.807, 2.05) is 79.0 Å². The van der Waals surface area contributed by atoms with Crippen LogP contribution in [-0.4, -0.2) is 58.7 Å². The number of aliphatic hydroxyl groups is 1. The van der Waals surface area contributed by atoms with Gasteiger partial charge in [-0.2, -0.15) is 10.2 Å². The van der Waals surface area contributed by atoms with Crippen molar-refractivity contribution in [2.75, 3.05) is 11.5 Å². The fourth-order valence-electron chi connectivity index (χ4n) is 7.64. The summed E-state index contributed by atoms with van der Waals surface area (Å²) in [4.78, 5) is 8.07. The van der Waals surface area contributed by atoms with Gasteiger partial charge in [-0.1, -0.05) is 88.4 Å². The predicted octanol–water partition coefficient (Wildman–Crippen LogP) is 5.87. The van der Waals surface area contributed by atoms with E-state index >= 15 is 0 Å². The van der Waals surface area contributed by atoms with Crippen LogP contribution in [0, 0.1) is 11.8 Å². The van der Waals surface area contributed by atoms with E-state index in [4.69, 9.17) is 30.4 Å². The molecule has 0 bridgehead atoms. The van der Waals surface area contributed by atoms with Crippen LogP contribution in [0.15, 0.2) is 97.6 Å². The molecule has 6 heterocycles. The number of rotatable bonds is 10. The molecule has 2 aliphatic heterocycles. The number of fused-ring (bicyclic) bond motifs is 2. The lowest BCUT2D eigenvalue weighted by molar-refractivity contribution is -0.251. The van der Waals surface area contributed by atoms with Crippen molar-refractivity contribution in [1.82, 2.24) is 29.2 Å². The summed E-state index contributed by atoms with van der Waals surface area (Å²) in [5.74, 6) is -0.514. The quantitative estimate of drug-likeness (QED) is 0.155. The number of ether oxygens (including phenoxy) is 4. The summed E-state index contributed by atoms with van der Waals surface area (Å²) in [5.41, 5.74) is 17.0. The highest BCUT2D eigenvalue weighted by Crippen LogP contribution is 2.45. The van der Waals surface area contributed by atoms with Gasteiger partial charge in [0.1, 0.15) is 41.6 Å². The summed E-state index contributed by atoms with van der Waals surface area (Å²) in [6, 6.07) is 27.6. The fraction of sp³-hybridized carbons (Fsp3) is 0.400. The molecule has 0 saturated carbocycles. The van der Waals surface area contributed by atoms with Crippen LogP contribution in [0.1, 0.15) is 69.2 Å². The van der Waals surface area contributed by atoms with Crippen LogP contribution in [0.3, 0.4) is 0 Å². The molecule has 2 saturated heterocycles. The minimum absolute atomic E-state index is 0.00782. The van der Waals surface area contributed by atoms with Gasteiger partial charge < -0.3 is 35.5 Å². The second-order valence-electron chi connectivity index (χ2n) is 13.8. The standard InChI is InChI=1S/C20H24N4O3.C20H24N4O2/c1-3-16-13(2)18(26-11-14-7-5-4-6-8-14)20(25,27-16)17-10-9-15-19(21)22-12-23-24(15)17;1-3-17-13(2)18(25-11-14-7-5-4-6-8-14)19(26-17)15-9-10-16-20(21)22-12-23-24(15)16/h4-10,12-13,16,18,25H,3,11H2,1-2H3,(H2,21,22,23);4-10,12-13,17-19H,3,11H2,1-2H3,(H2,21,22,23)/t13-,16-,18?,20+;13-,17-,18?,19+/m11/s1. The third-order valence-electron chi connectivity index (χ3n) is 10.5. The number of hydrogen-bond donors (Lipinski definition) is 3. The third-order valence-corrected chi connectivity index (χ3v) is 10.5. The summed E-state index contributed by atoms with van der Waals surface area (Å²) < 4.78 is 28.4. The van der Waals surface area contributed by atoms with E-state index in [2.05, 4.69) is 46.1 Å². The normalized spacial score (nSPS) is 26.9. The van der Waals surface area contributed by atoms with Crippen LogP contribution in [0.25, 0.3) is 11.0 Å². The van der Waals surface area contributed by atoms with Gasteiger partial charge in [-0.05, 0) is 48.2 Å². The van der Waals surface area contributed by atoms with Crippen molar-refractivity contribution in [2.24, 2.45) is 11.8 Å². The summed E-state index contributed by atoms with van der Waals surface area (Å²) in [6.45, 7) is 9.38. The largest absolute Gasteiger partial charge is 0.382 e. The molecule has 2 aliphatic rings. The first-order valence-electron chi connectivity index (χ1n) is 18.3. The van der Waals surface area contributed by atoms with E-state index in [-0.39, 0.29) is 30.3 Å². The Morgan fingerprint density at radius 3 is 1.91 bits per heavy atom. The summed E-state index contributed by atoms with van der Waals surface area (Å²) in [6.07, 6.45) is 3.82. The molecule has 2 fully saturated rings. The number of aromatic nitrogens is 6. The molecule has 13 heteroatoms. The van der Waals surface area contributed by atoms with Crippen molar-refractivity contribution in [3.63, 3.8) is 0 Å². The van der Waals surface area contributed by atoms with Crippen LogP contribution < -0.4 is 11.5 Å². The molecule has 0 spiro atoms. The molecule has 0 radical (unpaired) electrons. The first kappa shape index (κ1) is 36.4. The Morgan fingerprint density at radius 1 is 0.717 bits per heavy atom. The van der Waals surface area contributed by atoms with Gasteiger partial charge in [0.2, 0.25) is 5.79 Å². The van der Waals surface area contributed by atoms with Crippen molar-refractivity contribution in [3.8, 4) is 0 Å². The molecule has 0 amide bonds. The average Bonchev–Trinajstić information content (AvgIpc) is 3.95. The van der Waals surface area contributed by atoms with Gasteiger partial charge in [0.05, 0.1) is 37.2 Å². The van der Waals surface area contributed by atoms with E-state index in [1.54, 1.807) is 16.6 Å². The molecular formula is C40H48N8O5. The molecule has 2 aromatic carbocycles. The molecule has 6 aromatic rings. The van der Waals surface area contributed by atoms with E-state index in [1.165, 1.54) is 12.7 Å². The van der Waals surface area contributed by atoms with Crippen molar-refractivity contribution in [2.45, 2.75) is 90.1 Å². The van der Waals surface area contributed by atoms with Crippen molar-refractivity contribution in [1.29, 1.82) is 0 Å². The lowest BCUT2D eigenvalue weighted by atomic mass is 9.93. The SMILES string of the molecule is CC[C@H]1O[C@@H](c2ccc3c(N)ncnn23)C(OCc2ccccc2)[C@@H]1C.CC[C@H]1O[C@@](O)(c2ccc3c(N)ncnn23)C(OCc2ccccc2)[C@@H]1C. The third kappa shape index (κ3) is 7.10. The van der Waals surface area contributed by atoms with Crippen LogP contribution in [0.5, 0.6) is 0 Å². The van der Waals surface area contributed by atoms with Crippen LogP contribution in [-0.2, 0) is 37.9 Å². The number of benzene rings is 2. The van der Waals surface area contributed by atoms with Gasteiger partial charge >= 0.3 is 0 Å². The molecule has 8 atom stereocenters. The summed E-state index contributed by atoms with van der Waals surface area (Å²) in [7, 11) is 0. The molecule has 2 unspecified atom stereocenters. The number of hydrogen-bond acceptors (Lipinski definition) is 11. The molecule has 8 rings (SSSR count). The summed E-state index contributed by atoms with van der Waals surface area (Å²) in [5, 5.41) is 20.2. The Morgan fingerprint density at radius 2 is 1.28 bits per heavy atom. The lowest BCUT2D eigenvalue weighted by Crippen LogP contribution is -2.41. The van der Waals surface area contributed by atoms with Gasteiger partial charge in [0.25, 0.3) is 0 Å². The average molecular weight is 721 g/mol. The highest BCUT2D eigenvalue weighted by Gasteiger charge is 2.55. The van der Waals surface area contributed by atoms with E-state index in [0.29, 0.717) is 42.0 Å². The Bertz CT molecular complexity index is 2110. The highest BCUT2D eigenvalue weighted by molar-refractivity contribution is 5.66. The van der Waals surface area contributed by atoms with E-state index in [9.17, 15) is 5.11 Å². The maximum atomic E-state index is 11.6. The maximum Gasteiger partial charge on any atom is 0.237 e. The number of anilines is 2. The van der Waals surface area contributed by atoms with Crippen LogP contribution in [0.4, 0.5) is 11.6 Å². The second kappa shape index (κ2) is 15.6. The van der Waals surface area contributed by atoms with Crippen LogP contribution >= 0.6 is 0 Å². The first-order chi connectivity index (χ1) is 25.7. The van der Waals surface area contributed by atoms with Crippen molar-refractivity contribution in [3.05, 3.63) is 120 Å². The van der Waals surface area contributed by atoms with E-state index in [0.717, 1.165) is 35.2 Å². The molecule has 5 N–H and O–H groups in total. The zero-order chi connectivity index (χ0) is 37.1. The van der Waals surface area contributed by atoms with Gasteiger partial charge in [-0.15, -0.1) is 0 Å². The summed E-state index contributed by atoms with van der Waals surface area (Å²) >= 11 is 0. The predicted molar refractivity (Wildman–Crippen MR) is 200 cm³/mol. The van der Waals surface area contributed by atoms with Gasteiger partial charge in [0, 0.05) is 11.8 Å². The minimum Gasteiger partial charge on any atom is -0.382 e. The number of nitrogens with two attached hydrogens (primary N) is 2.